The average molecular weight is 311 g/mol. The molecule has 2 N–H and O–H groups in total. The van der Waals surface area contributed by atoms with Gasteiger partial charge in [0.2, 0.25) is 0 Å². The third kappa shape index (κ3) is 3.12. The smallest absolute Gasteiger partial charge is 0.336 e. The van der Waals surface area contributed by atoms with Gasteiger partial charge in [0.25, 0.3) is 0 Å². The Hall–Kier alpha value is -1.55. The maximum atomic E-state index is 11.2. The molecule has 0 amide bonds. The van der Waals surface area contributed by atoms with Crippen molar-refractivity contribution in [3.8, 4) is 0 Å². The minimum Gasteiger partial charge on any atom is -0.478 e. The predicted molar refractivity (Wildman–Crippen MR) is 78.5 cm³/mol. The lowest BCUT2D eigenvalue weighted by Gasteiger charge is -2.16. The molecule has 104 valence electrons. The van der Waals surface area contributed by atoms with Crippen molar-refractivity contribution < 1.29 is 15.0 Å². The monoisotopic (exact) mass is 310 g/mol. The average Bonchev–Trinajstić information content (AvgIpc) is 2.40. The summed E-state index contributed by atoms with van der Waals surface area (Å²) in [6.45, 7) is 0. The van der Waals surface area contributed by atoms with Gasteiger partial charge in [0.15, 0.2) is 0 Å². The second-order valence-corrected chi connectivity index (χ2v) is 5.13. The van der Waals surface area contributed by atoms with Crippen LogP contribution in [-0.2, 0) is 6.42 Å². The van der Waals surface area contributed by atoms with Crippen LogP contribution in [0.5, 0.6) is 0 Å². The number of rotatable bonds is 4. The largest absolute Gasteiger partial charge is 0.478 e. The highest BCUT2D eigenvalue weighted by Gasteiger charge is 2.21. The van der Waals surface area contributed by atoms with Gasteiger partial charge in [-0.3, -0.25) is 0 Å². The van der Waals surface area contributed by atoms with Gasteiger partial charge in [0.05, 0.1) is 11.7 Å². The van der Waals surface area contributed by atoms with Gasteiger partial charge in [-0.1, -0.05) is 47.5 Å². The van der Waals surface area contributed by atoms with Crippen LogP contribution in [0.1, 0.15) is 27.6 Å². The second-order valence-electron chi connectivity index (χ2n) is 4.32. The zero-order valence-electron chi connectivity index (χ0n) is 10.4. The molecule has 3 nitrogen and oxygen atoms in total. The van der Waals surface area contributed by atoms with Crippen LogP contribution in [0.3, 0.4) is 0 Å². The number of carboxylic acid groups (broad SMARTS) is 1. The number of hydrogen-bond donors (Lipinski definition) is 2. The molecule has 0 bridgehead atoms. The first kappa shape index (κ1) is 14.9. The van der Waals surface area contributed by atoms with E-state index in [-0.39, 0.29) is 22.6 Å². The summed E-state index contributed by atoms with van der Waals surface area (Å²) in [5.74, 6) is -1.12. The van der Waals surface area contributed by atoms with Gasteiger partial charge >= 0.3 is 5.97 Å². The molecule has 0 fully saturated rings. The molecule has 1 atom stereocenters. The lowest BCUT2D eigenvalue weighted by atomic mass is 9.97. The number of hydrogen-bond acceptors (Lipinski definition) is 2. The Bertz CT molecular complexity index is 641. The molecule has 0 radical (unpaired) electrons. The van der Waals surface area contributed by atoms with Gasteiger partial charge in [-0.25, -0.2) is 4.79 Å². The molecule has 0 aliphatic carbocycles. The van der Waals surface area contributed by atoms with E-state index in [1.54, 1.807) is 30.3 Å². The summed E-state index contributed by atoms with van der Waals surface area (Å²) in [6, 6.07) is 11.6. The summed E-state index contributed by atoms with van der Waals surface area (Å²) in [5.41, 5.74) is 0.941. The fourth-order valence-corrected chi connectivity index (χ4v) is 2.55. The molecule has 1 unspecified atom stereocenters. The van der Waals surface area contributed by atoms with Crippen molar-refractivity contribution in [2.45, 2.75) is 12.5 Å². The van der Waals surface area contributed by atoms with Crippen LogP contribution in [0, 0.1) is 0 Å². The summed E-state index contributed by atoms with van der Waals surface area (Å²) in [4.78, 5) is 11.2. The zero-order chi connectivity index (χ0) is 14.7. The number of carboxylic acids is 1. The Balaban J connectivity index is 2.37. The molecule has 2 aromatic carbocycles. The van der Waals surface area contributed by atoms with Gasteiger partial charge in [-0.05, 0) is 23.8 Å². The fraction of sp³-hybridized carbons (Fsp3) is 0.133. The molecule has 0 aliphatic heterocycles. The fourth-order valence-electron chi connectivity index (χ4n) is 2.04. The summed E-state index contributed by atoms with van der Waals surface area (Å²) in [7, 11) is 0. The van der Waals surface area contributed by atoms with Gasteiger partial charge in [0.1, 0.15) is 0 Å². The quantitative estimate of drug-likeness (QED) is 0.898. The lowest BCUT2D eigenvalue weighted by Crippen LogP contribution is -2.10. The number of aliphatic hydroxyl groups excluding tert-OH is 1. The van der Waals surface area contributed by atoms with Crippen molar-refractivity contribution in [1.29, 1.82) is 0 Å². The molecule has 2 rings (SSSR count). The van der Waals surface area contributed by atoms with Crippen molar-refractivity contribution in [1.82, 2.24) is 0 Å². The minimum absolute atomic E-state index is 0.00273. The standard InChI is InChI=1S/C15H12Cl2O3/c16-11-6-2-1-4-9(11)8-13(18)14-10(15(19)20)5-3-7-12(14)17/h1-7,13,18H,8H2,(H,19,20). The summed E-state index contributed by atoms with van der Waals surface area (Å²) >= 11 is 12.1. The van der Waals surface area contributed by atoms with Crippen molar-refractivity contribution in [3.05, 3.63) is 69.2 Å². The SMILES string of the molecule is O=C(O)c1cccc(Cl)c1C(O)Cc1ccccc1Cl. The van der Waals surface area contributed by atoms with Crippen LogP contribution >= 0.6 is 23.2 Å². The number of aromatic carboxylic acids is 1. The highest BCUT2D eigenvalue weighted by molar-refractivity contribution is 6.32. The molecule has 0 saturated heterocycles. The van der Waals surface area contributed by atoms with Crippen molar-refractivity contribution in [2.75, 3.05) is 0 Å². The van der Waals surface area contributed by atoms with Crippen LogP contribution in [0.25, 0.3) is 0 Å². The molecule has 0 heterocycles. The zero-order valence-corrected chi connectivity index (χ0v) is 11.9. The van der Waals surface area contributed by atoms with E-state index in [9.17, 15) is 9.90 Å². The third-order valence-corrected chi connectivity index (χ3v) is 3.69. The van der Waals surface area contributed by atoms with Gasteiger partial charge in [-0.2, -0.15) is 0 Å². The first-order valence-electron chi connectivity index (χ1n) is 5.94. The van der Waals surface area contributed by atoms with Crippen LogP contribution in [0.4, 0.5) is 0 Å². The van der Waals surface area contributed by atoms with E-state index in [1.807, 2.05) is 0 Å². The molecule has 20 heavy (non-hydrogen) atoms. The van der Waals surface area contributed by atoms with Crippen LogP contribution in [-0.4, -0.2) is 16.2 Å². The van der Waals surface area contributed by atoms with E-state index >= 15 is 0 Å². The highest BCUT2D eigenvalue weighted by atomic mass is 35.5. The molecule has 0 aliphatic rings. The van der Waals surface area contributed by atoms with Crippen LogP contribution in [0.2, 0.25) is 10.0 Å². The number of carbonyl (C=O) groups is 1. The van der Waals surface area contributed by atoms with Crippen LogP contribution in [0.15, 0.2) is 42.5 Å². The molecule has 0 spiro atoms. The number of benzene rings is 2. The van der Waals surface area contributed by atoms with Gasteiger partial charge in [-0.15, -0.1) is 0 Å². The first-order valence-corrected chi connectivity index (χ1v) is 6.69. The topological polar surface area (TPSA) is 57.5 Å². The van der Waals surface area contributed by atoms with Gasteiger partial charge in [0, 0.05) is 22.0 Å². The normalized spacial score (nSPS) is 12.2. The summed E-state index contributed by atoms with van der Waals surface area (Å²) in [6.07, 6.45) is -0.835. The van der Waals surface area contributed by atoms with Crippen molar-refractivity contribution >= 4 is 29.2 Å². The van der Waals surface area contributed by atoms with E-state index in [1.165, 1.54) is 12.1 Å². The van der Waals surface area contributed by atoms with E-state index in [4.69, 9.17) is 28.3 Å². The van der Waals surface area contributed by atoms with E-state index in [0.29, 0.717) is 5.02 Å². The Morgan fingerprint density at radius 2 is 1.70 bits per heavy atom. The maximum Gasteiger partial charge on any atom is 0.336 e. The van der Waals surface area contributed by atoms with Crippen molar-refractivity contribution in [2.24, 2.45) is 0 Å². The molecule has 0 aromatic heterocycles. The maximum absolute atomic E-state index is 11.2. The molecule has 5 heteroatoms. The molecule has 0 saturated carbocycles. The summed E-state index contributed by atoms with van der Waals surface area (Å²) in [5, 5.41) is 20.2. The second kappa shape index (κ2) is 6.27. The summed E-state index contributed by atoms with van der Waals surface area (Å²) < 4.78 is 0. The van der Waals surface area contributed by atoms with Crippen LogP contribution < -0.4 is 0 Å². The molecular formula is C15H12Cl2O3. The Labute approximate surface area is 126 Å². The van der Waals surface area contributed by atoms with E-state index < -0.39 is 12.1 Å². The number of aliphatic hydroxyl groups is 1. The number of halogens is 2. The third-order valence-electron chi connectivity index (χ3n) is 2.99. The Morgan fingerprint density at radius 3 is 2.35 bits per heavy atom. The predicted octanol–water partition coefficient (Wildman–Crippen LogP) is 3.97. The molecule has 2 aromatic rings. The minimum atomic E-state index is -1.12. The van der Waals surface area contributed by atoms with E-state index in [2.05, 4.69) is 0 Å². The Morgan fingerprint density at radius 1 is 1.05 bits per heavy atom. The van der Waals surface area contributed by atoms with E-state index in [0.717, 1.165) is 5.56 Å². The van der Waals surface area contributed by atoms with Crippen molar-refractivity contribution in [3.63, 3.8) is 0 Å². The lowest BCUT2D eigenvalue weighted by molar-refractivity contribution is 0.0689. The Kier molecular flexibility index (Phi) is 4.65. The highest BCUT2D eigenvalue weighted by Crippen LogP contribution is 2.30. The first-order chi connectivity index (χ1) is 9.50. The molecular weight excluding hydrogens is 299 g/mol. The van der Waals surface area contributed by atoms with Gasteiger partial charge < -0.3 is 10.2 Å².